The number of carbonyl (C=O) groups excluding carboxylic acids is 1. The predicted molar refractivity (Wildman–Crippen MR) is 183 cm³/mol. The van der Waals surface area contributed by atoms with Gasteiger partial charge < -0.3 is 29.5 Å². The molecule has 2 aliphatic heterocycles. The summed E-state index contributed by atoms with van der Waals surface area (Å²) >= 11 is 0. The normalized spacial score (nSPS) is 12.6. The third kappa shape index (κ3) is 8.80. The summed E-state index contributed by atoms with van der Waals surface area (Å²) in [6.07, 6.45) is 3.45. The number of para-hydroxylation sites is 4. The molecule has 4 aromatic carbocycles. The van der Waals surface area contributed by atoms with Gasteiger partial charge in [0.25, 0.3) is 0 Å². The average molecular weight is 863 g/mol. The first kappa shape index (κ1) is 37.9. The van der Waals surface area contributed by atoms with Gasteiger partial charge in [-0.3, -0.25) is 4.98 Å². The van der Waals surface area contributed by atoms with Gasteiger partial charge in [-0.2, -0.15) is 0 Å². The predicted octanol–water partition coefficient (Wildman–Crippen LogP) is 8.02. The van der Waals surface area contributed by atoms with Crippen molar-refractivity contribution in [1.29, 1.82) is 0 Å². The average Bonchev–Trinajstić information content (AvgIpc) is 3.65. The number of rotatable bonds is 7. The summed E-state index contributed by atoms with van der Waals surface area (Å²) in [7, 11) is 0. The van der Waals surface area contributed by atoms with Crippen molar-refractivity contribution >= 4 is 40.1 Å². The molecule has 0 radical (unpaired) electrons. The van der Waals surface area contributed by atoms with Crippen LogP contribution in [0.3, 0.4) is 0 Å². The van der Waals surface area contributed by atoms with E-state index in [1.807, 2.05) is 58.3 Å². The van der Waals surface area contributed by atoms with Crippen LogP contribution in [0.4, 0.5) is 51.7 Å². The molecule has 0 fully saturated rings. The van der Waals surface area contributed by atoms with Crippen LogP contribution >= 0.6 is 0 Å². The minimum absolute atomic E-state index is 0. The van der Waals surface area contributed by atoms with Gasteiger partial charge in [0.1, 0.15) is 23.3 Å². The maximum Gasteiger partial charge on any atom is 3.00 e. The number of aromatic carboxylic acids is 1. The molecule has 0 N–H and O–H groups in total. The van der Waals surface area contributed by atoms with E-state index in [0.29, 0.717) is 24.7 Å². The van der Waals surface area contributed by atoms with E-state index in [4.69, 9.17) is 0 Å². The number of carbonyl (C=O) groups is 1. The van der Waals surface area contributed by atoms with E-state index in [0.717, 1.165) is 60.8 Å². The summed E-state index contributed by atoms with van der Waals surface area (Å²) in [6, 6.07) is 27.9. The van der Waals surface area contributed by atoms with Gasteiger partial charge in [0.15, 0.2) is 0 Å². The largest absolute Gasteiger partial charge is 3.00 e. The summed E-state index contributed by atoms with van der Waals surface area (Å²) in [6.45, 7) is 7.24. The molecule has 0 saturated carbocycles. The van der Waals surface area contributed by atoms with Crippen LogP contribution in [0.2, 0.25) is 0 Å². The van der Waals surface area contributed by atoms with Crippen LogP contribution in [0.5, 0.6) is 0 Å². The van der Waals surface area contributed by atoms with Crippen LogP contribution in [-0.4, -0.2) is 37.4 Å². The SMILES string of the molecule is CCCN1CN(c2ccc(F)cc2F)c2ccccc21.CCCN1CN(c2ccc(F)cc2F)c2ccccc21.O=C([O-])c1ccccn1.[Ir+3]. The number of halogens is 4. The Labute approximate surface area is 302 Å². The van der Waals surface area contributed by atoms with E-state index in [1.54, 1.807) is 12.1 Å². The van der Waals surface area contributed by atoms with Gasteiger partial charge in [-0.15, -0.1) is 0 Å². The van der Waals surface area contributed by atoms with Gasteiger partial charge in [0.05, 0.1) is 59.1 Å². The van der Waals surface area contributed by atoms with Gasteiger partial charge in [-0.05, 0) is 73.5 Å². The van der Waals surface area contributed by atoms with Gasteiger partial charge in [-0.1, -0.05) is 44.2 Å². The van der Waals surface area contributed by atoms with E-state index in [1.165, 1.54) is 36.5 Å². The van der Waals surface area contributed by atoms with Crippen molar-refractivity contribution in [2.24, 2.45) is 0 Å². The first-order valence-electron chi connectivity index (χ1n) is 16.0. The smallest absolute Gasteiger partial charge is 0.543 e. The number of nitrogens with zero attached hydrogens (tertiary/aromatic N) is 5. The van der Waals surface area contributed by atoms with E-state index >= 15 is 0 Å². The molecule has 0 aliphatic carbocycles. The zero-order valence-corrected chi connectivity index (χ0v) is 29.9. The van der Waals surface area contributed by atoms with E-state index in [2.05, 4.69) is 28.6 Å². The fourth-order valence-corrected chi connectivity index (χ4v) is 5.78. The Hall–Kier alpha value is -4.93. The van der Waals surface area contributed by atoms with Gasteiger partial charge in [0, 0.05) is 31.4 Å². The minimum Gasteiger partial charge on any atom is -0.543 e. The molecule has 3 heterocycles. The molecule has 12 heteroatoms. The maximum atomic E-state index is 14.0. The number of carboxylic acids is 1. The maximum absolute atomic E-state index is 14.0. The van der Waals surface area contributed by atoms with Crippen molar-refractivity contribution in [3.05, 3.63) is 138 Å². The van der Waals surface area contributed by atoms with Gasteiger partial charge >= 0.3 is 20.1 Å². The Bertz CT molecular complexity index is 1770. The fraction of sp³-hybridized carbons (Fsp3) is 0.211. The Morgan fingerprint density at radius 2 is 1.04 bits per heavy atom. The second kappa shape index (κ2) is 17.6. The number of benzene rings is 4. The zero-order valence-electron chi connectivity index (χ0n) is 27.5. The molecule has 0 bridgehead atoms. The number of carboxylic acid groups (broad SMARTS) is 1. The monoisotopic (exact) mass is 863 g/mol. The topological polar surface area (TPSA) is 66.0 Å². The van der Waals surface area contributed by atoms with Crippen molar-refractivity contribution in [2.45, 2.75) is 26.7 Å². The Kier molecular flexibility index (Phi) is 13.4. The number of hydrogen-bond donors (Lipinski definition) is 0. The molecule has 0 atom stereocenters. The first-order chi connectivity index (χ1) is 23.7. The standard InChI is InChI=1S/2C16H16F2N2.C6H5NO2.Ir/c2*1-2-9-19-11-20(16-6-4-3-5-15(16)19)14-8-7-12(17)10-13(14)18;8-6(9)5-3-1-2-4-7-5;/h2*3-8,10H,2,9,11H2,1H3;1-4H,(H,8,9);/q;;;+3/p-1. The van der Waals surface area contributed by atoms with Crippen molar-refractivity contribution < 1.29 is 47.6 Å². The molecule has 0 saturated heterocycles. The van der Waals surface area contributed by atoms with Crippen LogP contribution in [0.25, 0.3) is 0 Å². The van der Waals surface area contributed by atoms with Gasteiger partial charge in [-0.25, -0.2) is 17.6 Å². The molecule has 7 rings (SSSR count). The molecule has 0 amide bonds. The fourth-order valence-electron chi connectivity index (χ4n) is 5.78. The van der Waals surface area contributed by atoms with Crippen LogP contribution in [0, 0.1) is 23.3 Å². The Morgan fingerprint density at radius 3 is 1.38 bits per heavy atom. The summed E-state index contributed by atoms with van der Waals surface area (Å²) in [5.41, 5.74) is 4.92. The third-order valence-corrected chi connectivity index (χ3v) is 7.91. The van der Waals surface area contributed by atoms with Crippen LogP contribution in [-0.2, 0) is 20.1 Å². The molecule has 0 spiro atoms. The molecule has 1 aromatic heterocycles. The van der Waals surface area contributed by atoms with Crippen LogP contribution in [0.15, 0.2) is 109 Å². The summed E-state index contributed by atoms with van der Waals surface area (Å²) < 4.78 is 54.1. The number of hydrogen-bond acceptors (Lipinski definition) is 7. The number of fused-ring (bicyclic) bond motifs is 2. The second-order valence-electron chi connectivity index (χ2n) is 11.3. The summed E-state index contributed by atoms with van der Waals surface area (Å²) in [4.78, 5) is 21.7. The van der Waals surface area contributed by atoms with Crippen molar-refractivity contribution in [1.82, 2.24) is 4.98 Å². The van der Waals surface area contributed by atoms with E-state index in [9.17, 15) is 27.5 Å². The second-order valence-corrected chi connectivity index (χ2v) is 11.3. The number of aromatic nitrogens is 1. The number of pyridine rings is 1. The molecule has 260 valence electrons. The molecule has 7 nitrogen and oxygen atoms in total. The minimum atomic E-state index is -1.24. The summed E-state index contributed by atoms with van der Waals surface area (Å²) in [5.74, 6) is -3.40. The quantitative estimate of drug-likeness (QED) is 0.154. The van der Waals surface area contributed by atoms with Crippen molar-refractivity contribution in [2.75, 3.05) is 46.0 Å². The van der Waals surface area contributed by atoms with Crippen molar-refractivity contribution in [3.8, 4) is 0 Å². The van der Waals surface area contributed by atoms with E-state index in [-0.39, 0.29) is 25.8 Å². The molecular formula is C38H36F4IrN5O2+2. The third-order valence-electron chi connectivity index (χ3n) is 7.91. The van der Waals surface area contributed by atoms with E-state index < -0.39 is 29.2 Å². The first-order valence-corrected chi connectivity index (χ1v) is 16.0. The molecular weight excluding hydrogens is 827 g/mol. The van der Waals surface area contributed by atoms with Crippen LogP contribution in [0.1, 0.15) is 37.2 Å². The zero-order chi connectivity index (χ0) is 34.9. The Morgan fingerprint density at radius 1 is 0.620 bits per heavy atom. The number of anilines is 6. The van der Waals surface area contributed by atoms with Crippen LogP contribution < -0.4 is 24.7 Å². The molecule has 5 aromatic rings. The molecule has 50 heavy (non-hydrogen) atoms. The summed E-state index contributed by atoms with van der Waals surface area (Å²) in [5, 5.41) is 10.0. The molecule has 2 aliphatic rings. The Balaban J connectivity index is 0.000000179. The van der Waals surface area contributed by atoms with Gasteiger partial charge in [0.2, 0.25) is 0 Å². The van der Waals surface area contributed by atoms with Crippen molar-refractivity contribution in [3.63, 3.8) is 0 Å². The molecule has 0 unspecified atom stereocenters.